The fourth-order valence-electron chi connectivity index (χ4n) is 4.27. The highest BCUT2D eigenvalue weighted by molar-refractivity contribution is 7.99. The third kappa shape index (κ3) is 4.48. The van der Waals surface area contributed by atoms with Crippen LogP contribution in [-0.4, -0.2) is 70.5 Å². The Morgan fingerprint density at radius 2 is 1.73 bits per heavy atom. The summed E-state index contributed by atoms with van der Waals surface area (Å²) in [5.74, 6) is 1.27. The minimum atomic E-state index is -0.488. The number of para-hydroxylation sites is 2. The van der Waals surface area contributed by atoms with Crippen molar-refractivity contribution in [1.82, 2.24) is 19.7 Å². The average molecular weight is 467 g/mol. The van der Waals surface area contributed by atoms with Crippen LogP contribution >= 0.6 is 11.8 Å². The summed E-state index contributed by atoms with van der Waals surface area (Å²) in [6.45, 7) is 2.53. The Bertz CT molecular complexity index is 1100. The summed E-state index contributed by atoms with van der Waals surface area (Å²) in [4.78, 5) is 14.8. The first kappa shape index (κ1) is 21.9. The first-order valence-electron chi connectivity index (χ1n) is 11.0. The van der Waals surface area contributed by atoms with Crippen LogP contribution in [0.4, 0.5) is 0 Å². The molecular formula is C24H26N4O4S. The molecule has 5 rings (SSSR count). The Morgan fingerprint density at radius 3 is 2.45 bits per heavy atom. The van der Waals surface area contributed by atoms with Gasteiger partial charge in [-0.1, -0.05) is 54.2 Å². The van der Waals surface area contributed by atoms with Crippen molar-refractivity contribution in [3.63, 3.8) is 0 Å². The minimum Gasteiger partial charge on any atom is -0.495 e. The number of carbonyl (C=O) groups excluding carboxylic acids is 1. The molecule has 1 amide bonds. The van der Waals surface area contributed by atoms with Gasteiger partial charge in [-0.3, -0.25) is 9.36 Å². The van der Waals surface area contributed by atoms with Crippen molar-refractivity contribution in [2.24, 2.45) is 0 Å². The van der Waals surface area contributed by atoms with Gasteiger partial charge in [-0.15, -0.1) is 10.2 Å². The Kier molecular flexibility index (Phi) is 6.34. The molecule has 2 aromatic carbocycles. The molecule has 3 heterocycles. The molecule has 8 nitrogen and oxygen atoms in total. The number of likely N-dealkylation sites (tertiary alicyclic amines) is 1. The molecule has 33 heavy (non-hydrogen) atoms. The molecule has 0 N–H and O–H groups in total. The van der Waals surface area contributed by atoms with Crippen LogP contribution in [0.3, 0.4) is 0 Å². The largest absolute Gasteiger partial charge is 0.495 e. The molecule has 0 unspecified atom stereocenters. The number of benzene rings is 2. The van der Waals surface area contributed by atoms with Gasteiger partial charge in [0.25, 0.3) is 0 Å². The third-order valence-corrected chi connectivity index (χ3v) is 6.92. The first-order chi connectivity index (χ1) is 16.2. The molecule has 0 radical (unpaired) electrons. The van der Waals surface area contributed by atoms with Gasteiger partial charge in [0.15, 0.2) is 16.8 Å². The van der Waals surface area contributed by atoms with Crippen LogP contribution in [0.1, 0.15) is 12.8 Å². The van der Waals surface area contributed by atoms with Crippen molar-refractivity contribution in [3.05, 3.63) is 54.6 Å². The number of hydrogen-bond donors (Lipinski definition) is 0. The van der Waals surface area contributed by atoms with Gasteiger partial charge in [0.05, 0.1) is 31.8 Å². The Balaban J connectivity index is 1.36. The van der Waals surface area contributed by atoms with Crippen LogP contribution in [0.15, 0.2) is 59.8 Å². The Labute approximate surface area is 196 Å². The topological polar surface area (TPSA) is 78.7 Å². The van der Waals surface area contributed by atoms with Gasteiger partial charge in [0.1, 0.15) is 5.75 Å². The monoisotopic (exact) mass is 466 g/mol. The van der Waals surface area contributed by atoms with E-state index in [-0.39, 0.29) is 11.7 Å². The second-order valence-corrected chi connectivity index (χ2v) is 8.90. The van der Waals surface area contributed by atoms with Gasteiger partial charge in [-0.2, -0.15) is 0 Å². The molecule has 2 fully saturated rings. The van der Waals surface area contributed by atoms with Crippen molar-refractivity contribution in [1.29, 1.82) is 0 Å². The maximum absolute atomic E-state index is 13.0. The van der Waals surface area contributed by atoms with E-state index in [2.05, 4.69) is 10.2 Å². The second kappa shape index (κ2) is 9.54. The molecule has 0 atom stereocenters. The highest BCUT2D eigenvalue weighted by Crippen LogP contribution is 2.34. The van der Waals surface area contributed by atoms with Crippen molar-refractivity contribution in [2.45, 2.75) is 23.8 Å². The van der Waals surface area contributed by atoms with E-state index in [1.165, 1.54) is 11.8 Å². The number of hydrogen-bond acceptors (Lipinski definition) is 7. The Hall–Kier alpha value is -2.88. The average Bonchev–Trinajstić information content (AvgIpc) is 3.50. The van der Waals surface area contributed by atoms with Gasteiger partial charge in [0, 0.05) is 31.5 Å². The first-order valence-corrected chi connectivity index (χ1v) is 12.0. The van der Waals surface area contributed by atoms with E-state index in [4.69, 9.17) is 14.2 Å². The molecule has 1 spiro atoms. The van der Waals surface area contributed by atoms with Crippen LogP contribution < -0.4 is 4.74 Å². The van der Waals surface area contributed by atoms with E-state index in [9.17, 15) is 4.79 Å². The predicted octanol–water partition coefficient (Wildman–Crippen LogP) is 3.40. The fraction of sp³-hybridized carbons (Fsp3) is 0.375. The molecule has 2 aliphatic rings. The van der Waals surface area contributed by atoms with Crippen LogP contribution in [0.25, 0.3) is 17.1 Å². The molecule has 172 valence electrons. The number of nitrogens with zero attached hydrogens (tertiary/aromatic N) is 4. The fourth-order valence-corrected chi connectivity index (χ4v) is 5.12. The molecule has 2 aliphatic heterocycles. The van der Waals surface area contributed by atoms with Gasteiger partial charge in [-0.25, -0.2) is 0 Å². The zero-order valence-corrected chi connectivity index (χ0v) is 19.3. The summed E-state index contributed by atoms with van der Waals surface area (Å²) in [5.41, 5.74) is 1.77. The van der Waals surface area contributed by atoms with Crippen LogP contribution in [0.2, 0.25) is 0 Å². The number of carbonyl (C=O) groups is 1. The lowest BCUT2D eigenvalue weighted by atomic mass is 10.0. The number of ether oxygens (including phenoxy) is 3. The molecule has 0 bridgehead atoms. The van der Waals surface area contributed by atoms with Crippen molar-refractivity contribution < 1.29 is 19.0 Å². The van der Waals surface area contributed by atoms with Crippen molar-refractivity contribution in [3.8, 4) is 22.8 Å². The number of aromatic nitrogens is 3. The van der Waals surface area contributed by atoms with Crippen LogP contribution in [-0.2, 0) is 14.3 Å². The minimum absolute atomic E-state index is 0.0729. The highest BCUT2D eigenvalue weighted by Gasteiger charge is 2.40. The number of amides is 1. The number of rotatable bonds is 6. The standard InChI is InChI=1S/C24H26N4O4S/c1-30-20-10-6-5-9-19(20)28-22(18-7-3-2-4-8-18)25-26-23(28)33-17-21(29)27-13-11-24(12-14-27)31-15-16-32-24/h2-10H,11-17H2,1H3. The van der Waals surface area contributed by atoms with E-state index in [0.717, 1.165) is 11.3 Å². The summed E-state index contributed by atoms with van der Waals surface area (Å²) < 4.78 is 19.1. The van der Waals surface area contributed by atoms with E-state index in [0.29, 0.717) is 55.9 Å². The Morgan fingerprint density at radius 1 is 1.03 bits per heavy atom. The number of piperidine rings is 1. The highest BCUT2D eigenvalue weighted by atomic mass is 32.2. The summed E-state index contributed by atoms with van der Waals surface area (Å²) in [7, 11) is 1.64. The smallest absolute Gasteiger partial charge is 0.233 e. The zero-order chi connectivity index (χ0) is 22.7. The summed E-state index contributed by atoms with van der Waals surface area (Å²) >= 11 is 1.38. The number of methoxy groups -OCH3 is 1. The lowest BCUT2D eigenvalue weighted by Gasteiger charge is -2.37. The van der Waals surface area contributed by atoms with Gasteiger partial charge >= 0.3 is 0 Å². The van der Waals surface area contributed by atoms with Crippen molar-refractivity contribution >= 4 is 17.7 Å². The van der Waals surface area contributed by atoms with Gasteiger partial charge < -0.3 is 19.1 Å². The quantitative estimate of drug-likeness (QED) is 0.515. The molecule has 9 heteroatoms. The van der Waals surface area contributed by atoms with Gasteiger partial charge in [0.2, 0.25) is 5.91 Å². The normalized spacial score (nSPS) is 17.4. The zero-order valence-electron chi connectivity index (χ0n) is 18.5. The van der Waals surface area contributed by atoms with E-state index in [1.807, 2.05) is 64.1 Å². The molecule has 1 aromatic heterocycles. The number of thioether (sulfide) groups is 1. The maximum atomic E-state index is 13.0. The van der Waals surface area contributed by atoms with E-state index < -0.39 is 5.79 Å². The van der Waals surface area contributed by atoms with Gasteiger partial charge in [-0.05, 0) is 12.1 Å². The van der Waals surface area contributed by atoms with Crippen LogP contribution in [0.5, 0.6) is 5.75 Å². The third-order valence-electron chi connectivity index (χ3n) is 6.01. The molecular weight excluding hydrogens is 440 g/mol. The molecule has 3 aromatic rings. The molecule has 0 aliphatic carbocycles. The van der Waals surface area contributed by atoms with E-state index >= 15 is 0 Å². The molecule has 2 saturated heterocycles. The van der Waals surface area contributed by atoms with E-state index in [1.54, 1.807) is 7.11 Å². The predicted molar refractivity (Wildman–Crippen MR) is 125 cm³/mol. The van der Waals surface area contributed by atoms with Crippen molar-refractivity contribution in [2.75, 3.05) is 39.2 Å². The summed E-state index contributed by atoms with van der Waals surface area (Å²) in [6.07, 6.45) is 1.41. The lowest BCUT2D eigenvalue weighted by Crippen LogP contribution is -2.47. The van der Waals surface area contributed by atoms with Crippen LogP contribution in [0, 0.1) is 0 Å². The molecule has 0 saturated carbocycles. The SMILES string of the molecule is COc1ccccc1-n1c(SCC(=O)N2CCC3(CC2)OCCO3)nnc1-c1ccccc1. The summed E-state index contributed by atoms with van der Waals surface area (Å²) in [5, 5.41) is 9.53. The summed E-state index contributed by atoms with van der Waals surface area (Å²) in [6, 6.07) is 17.6. The lowest BCUT2D eigenvalue weighted by molar-refractivity contribution is -0.186. The second-order valence-electron chi connectivity index (χ2n) is 7.96. The maximum Gasteiger partial charge on any atom is 0.233 e.